The maximum Gasteiger partial charge on any atom is 0.258 e. The minimum absolute atomic E-state index is 0.123. The predicted octanol–water partition coefficient (Wildman–Crippen LogP) is 5.09. The Bertz CT molecular complexity index is 1330. The van der Waals surface area contributed by atoms with Crippen molar-refractivity contribution in [1.29, 1.82) is 0 Å². The molecule has 0 unspecified atom stereocenters. The van der Waals surface area contributed by atoms with E-state index in [-0.39, 0.29) is 18.0 Å². The molecular weight excluding hydrogens is 416 g/mol. The smallest absolute Gasteiger partial charge is 0.258 e. The fourth-order valence-corrected chi connectivity index (χ4v) is 3.71. The molecule has 3 aromatic carbocycles. The molecule has 168 valence electrons. The van der Waals surface area contributed by atoms with Crippen molar-refractivity contribution in [3.05, 3.63) is 99.8 Å². The van der Waals surface area contributed by atoms with Crippen LogP contribution in [-0.4, -0.2) is 24.6 Å². The lowest BCUT2D eigenvalue weighted by Crippen LogP contribution is -2.32. The molecule has 1 heterocycles. The molecule has 1 amide bonds. The van der Waals surface area contributed by atoms with Crippen LogP contribution in [0.5, 0.6) is 11.5 Å². The van der Waals surface area contributed by atoms with Crippen LogP contribution in [0.15, 0.2) is 77.6 Å². The highest BCUT2D eigenvalue weighted by Gasteiger charge is 2.20. The fourth-order valence-electron chi connectivity index (χ4n) is 3.71. The summed E-state index contributed by atoms with van der Waals surface area (Å²) in [5, 5.41) is 0.916. The summed E-state index contributed by atoms with van der Waals surface area (Å²) in [5.74, 6) is 1.17. The van der Waals surface area contributed by atoms with E-state index < -0.39 is 0 Å². The molecule has 4 aromatic rings. The van der Waals surface area contributed by atoms with Gasteiger partial charge in [0, 0.05) is 22.3 Å². The number of nitrogens with one attached hydrogen (secondary N) is 1. The number of fused-ring (bicyclic) bond motifs is 1. The number of H-pyrrole nitrogens is 1. The number of ether oxygens (including phenoxy) is 2. The van der Waals surface area contributed by atoms with Gasteiger partial charge in [-0.05, 0) is 85.5 Å². The summed E-state index contributed by atoms with van der Waals surface area (Å²) < 4.78 is 10.7. The Morgan fingerprint density at radius 3 is 2.30 bits per heavy atom. The van der Waals surface area contributed by atoms with E-state index in [9.17, 15) is 9.59 Å². The van der Waals surface area contributed by atoms with E-state index in [1.165, 1.54) is 0 Å². The maximum absolute atomic E-state index is 13.5. The highest BCUT2D eigenvalue weighted by atomic mass is 16.5. The minimum atomic E-state index is -0.217. The first-order valence-electron chi connectivity index (χ1n) is 10.8. The van der Waals surface area contributed by atoms with Gasteiger partial charge >= 0.3 is 0 Å². The second-order valence-electron chi connectivity index (χ2n) is 7.76. The van der Waals surface area contributed by atoms with Crippen molar-refractivity contribution in [1.82, 2.24) is 4.98 Å². The van der Waals surface area contributed by atoms with E-state index in [1.54, 1.807) is 36.3 Å². The number of carbonyl (C=O) groups excluding carboxylic acids is 1. The topological polar surface area (TPSA) is 71.6 Å². The first kappa shape index (κ1) is 22.1. The van der Waals surface area contributed by atoms with Gasteiger partial charge in [-0.25, -0.2) is 0 Å². The third-order valence-electron chi connectivity index (χ3n) is 5.45. The van der Waals surface area contributed by atoms with Crippen LogP contribution in [0.1, 0.15) is 28.4 Å². The fraction of sp³-hybridized carbons (Fsp3) is 0.185. The second kappa shape index (κ2) is 9.61. The number of benzene rings is 3. The minimum Gasteiger partial charge on any atom is -0.497 e. The Morgan fingerprint density at radius 1 is 0.939 bits per heavy atom. The van der Waals surface area contributed by atoms with Crippen LogP contribution >= 0.6 is 0 Å². The standard InChI is InChI=1S/C27H26N2O4/c1-4-33-24-13-9-22(10-14-24)29(27(31)19-7-11-23(32-3)12-8-19)17-21-16-20-6-5-18(2)15-25(20)28-26(21)30/h5-16H,4,17H2,1-3H3,(H,28,30). The van der Waals surface area contributed by atoms with Crippen molar-refractivity contribution < 1.29 is 14.3 Å². The summed E-state index contributed by atoms with van der Waals surface area (Å²) in [6.45, 7) is 4.57. The normalized spacial score (nSPS) is 10.8. The lowest BCUT2D eigenvalue weighted by atomic mass is 10.1. The van der Waals surface area contributed by atoms with Crippen molar-refractivity contribution in [2.75, 3.05) is 18.6 Å². The summed E-state index contributed by atoms with van der Waals surface area (Å²) in [6.07, 6.45) is 0. The van der Waals surface area contributed by atoms with Gasteiger partial charge in [0.15, 0.2) is 0 Å². The van der Waals surface area contributed by atoms with E-state index in [0.29, 0.717) is 29.2 Å². The van der Waals surface area contributed by atoms with Crippen LogP contribution in [0.25, 0.3) is 10.9 Å². The molecule has 0 bridgehead atoms. The number of hydrogen-bond acceptors (Lipinski definition) is 4. The van der Waals surface area contributed by atoms with Gasteiger partial charge in [-0.3, -0.25) is 9.59 Å². The molecule has 0 aliphatic heterocycles. The molecule has 0 saturated carbocycles. The van der Waals surface area contributed by atoms with E-state index in [0.717, 1.165) is 22.2 Å². The number of aromatic amines is 1. The lowest BCUT2D eigenvalue weighted by Gasteiger charge is -2.23. The van der Waals surface area contributed by atoms with E-state index >= 15 is 0 Å². The molecule has 0 radical (unpaired) electrons. The molecule has 0 aliphatic rings. The molecule has 0 aliphatic carbocycles. The highest BCUT2D eigenvalue weighted by molar-refractivity contribution is 6.06. The van der Waals surface area contributed by atoms with Gasteiger partial charge in [0.25, 0.3) is 11.5 Å². The van der Waals surface area contributed by atoms with Crippen molar-refractivity contribution in [3.63, 3.8) is 0 Å². The van der Waals surface area contributed by atoms with Gasteiger partial charge in [-0.1, -0.05) is 12.1 Å². The van der Waals surface area contributed by atoms with Crippen LogP contribution in [0.3, 0.4) is 0 Å². The summed E-state index contributed by atoms with van der Waals surface area (Å²) in [6, 6.07) is 22.0. The third-order valence-corrected chi connectivity index (χ3v) is 5.45. The zero-order chi connectivity index (χ0) is 23.4. The van der Waals surface area contributed by atoms with Gasteiger partial charge in [0.1, 0.15) is 11.5 Å². The number of anilines is 1. The van der Waals surface area contributed by atoms with Gasteiger partial charge < -0.3 is 19.4 Å². The second-order valence-corrected chi connectivity index (χ2v) is 7.76. The van der Waals surface area contributed by atoms with Crippen molar-refractivity contribution in [2.45, 2.75) is 20.4 Å². The summed E-state index contributed by atoms with van der Waals surface area (Å²) in [5.41, 5.74) is 3.29. The molecule has 1 aromatic heterocycles. The van der Waals surface area contributed by atoms with Crippen molar-refractivity contribution >= 4 is 22.5 Å². The summed E-state index contributed by atoms with van der Waals surface area (Å²) >= 11 is 0. The Kier molecular flexibility index (Phi) is 6.45. The number of carbonyl (C=O) groups is 1. The van der Waals surface area contributed by atoms with Gasteiger partial charge in [-0.2, -0.15) is 0 Å². The van der Waals surface area contributed by atoms with Gasteiger partial charge in [0.05, 0.1) is 20.3 Å². The average Bonchev–Trinajstić information content (AvgIpc) is 2.83. The number of amides is 1. The third kappa shape index (κ3) is 4.90. The van der Waals surface area contributed by atoms with Crippen LogP contribution in [0.4, 0.5) is 5.69 Å². The molecule has 6 nitrogen and oxygen atoms in total. The molecule has 6 heteroatoms. The molecule has 0 spiro atoms. The molecular formula is C27H26N2O4. The van der Waals surface area contributed by atoms with Gasteiger partial charge in [-0.15, -0.1) is 0 Å². The van der Waals surface area contributed by atoms with Gasteiger partial charge in [0.2, 0.25) is 0 Å². The average molecular weight is 443 g/mol. The molecule has 1 N–H and O–H groups in total. The molecule has 0 atom stereocenters. The van der Waals surface area contributed by atoms with Crippen LogP contribution < -0.4 is 19.9 Å². The van der Waals surface area contributed by atoms with E-state index in [1.807, 2.05) is 62.4 Å². The highest BCUT2D eigenvalue weighted by Crippen LogP contribution is 2.24. The zero-order valence-electron chi connectivity index (χ0n) is 18.9. The number of pyridine rings is 1. The SMILES string of the molecule is CCOc1ccc(N(Cc2cc3ccc(C)cc3[nH]c2=O)C(=O)c2ccc(OC)cc2)cc1. The molecule has 33 heavy (non-hydrogen) atoms. The number of methoxy groups -OCH3 is 1. The zero-order valence-corrected chi connectivity index (χ0v) is 18.9. The Morgan fingerprint density at radius 2 is 1.64 bits per heavy atom. The number of aromatic nitrogens is 1. The predicted molar refractivity (Wildman–Crippen MR) is 130 cm³/mol. The van der Waals surface area contributed by atoms with E-state index in [2.05, 4.69) is 4.98 Å². The first-order chi connectivity index (χ1) is 16.0. The maximum atomic E-state index is 13.5. The lowest BCUT2D eigenvalue weighted by molar-refractivity contribution is 0.0985. The number of hydrogen-bond donors (Lipinski definition) is 1. The van der Waals surface area contributed by atoms with Crippen LogP contribution in [0, 0.1) is 6.92 Å². The first-order valence-corrected chi connectivity index (χ1v) is 10.8. The molecule has 4 rings (SSSR count). The van der Waals surface area contributed by atoms with E-state index in [4.69, 9.17) is 9.47 Å². The summed E-state index contributed by atoms with van der Waals surface area (Å²) in [7, 11) is 1.58. The number of rotatable bonds is 7. The number of aryl methyl sites for hydroxylation is 1. The Hall–Kier alpha value is -4.06. The van der Waals surface area contributed by atoms with Crippen molar-refractivity contribution in [2.24, 2.45) is 0 Å². The largest absolute Gasteiger partial charge is 0.497 e. The Balaban J connectivity index is 1.74. The quantitative estimate of drug-likeness (QED) is 0.433. The van der Waals surface area contributed by atoms with Crippen LogP contribution in [-0.2, 0) is 6.54 Å². The monoisotopic (exact) mass is 442 g/mol. The molecule has 0 saturated heterocycles. The molecule has 0 fully saturated rings. The Labute approximate surface area is 192 Å². The number of nitrogens with zero attached hydrogens (tertiary/aromatic N) is 1. The van der Waals surface area contributed by atoms with Crippen molar-refractivity contribution in [3.8, 4) is 11.5 Å². The van der Waals surface area contributed by atoms with Crippen LogP contribution in [0.2, 0.25) is 0 Å². The summed E-state index contributed by atoms with van der Waals surface area (Å²) in [4.78, 5) is 30.9.